The van der Waals surface area contributed by atoms with Crippen molar-refractivity contribution in [3.8, 4) is 0 Å². The second-order valence-electron chi connectivity index (χ2n) is 4.90. The number of aryl methyl sites for hydroxylation is 1. The summed E-state index contributed by atoms with van der Waals surface area (Å²) in [6.45, 7) is 1.92. The standard InChI is InChI=1S/C13H9F2N7OS2/c1-6-16-7(5-24-6)4-9-18-20-13(23-9)25-10-3-2-8-17-19-12(11(14)15)22(8)21-10/h2-3,5,11H,4H2,1H3. The van der Waals surface area contributed by atoms with E-state index in [1.807, 2.05) is 12.3 Å². The molecule has 4 aromatic heterocycles. The zero-order valence-electron chi connectivity index (χ0n) is 12.6. The molecule has 0 fully saturated rings. The van der Waals surface area contributed by atoms with E-state index >= 15 is 0 Å². The number of rotatable bonds is 5. The van der Waals surface area contributed by atoms with Crippen molar-refractivity contribution >= 4 is 28.7 Å². The van der Waals surface area contributed by atoms with Crippen LogP contribution >= 0.6 is 23.1 Å². The van der Waals surface area contributed by atoms with Gasteiger partial charge in [-0.2, -0.15) is 9.61 Å². The lowest BCUT2D eigenvalue weighted by Crippen LogP contribution is -2.00. The van der Waals surface area contributed by atoms with Gasteiger partial charge in [-0.05, 0) is 30.8 Å². The summed E-state index contributed by atoms with van der Waals surface area (Å²) in [5.74, 6) is -0.0889. The van der Waals surface area contributed by atoms with Crippen molar-refractivity contribution in [2.24, 2.45) is 0 Å². The molecule has 128 valence electrons. The summed E-state index contributed by atoms with van der Waals surface area (Å²) in [6.07, 6.45) is -2.33. The van der Waals surface area contributed by atoms with E-state index in [2.05, 4.69) is 30.5 Å². The van der Waals surface area contributed by atoms with E-state index in [9.17, 15) is 8.78 Å². The Bertz CT molecular complexity index is 1030. The van der Waals surface area contributed by atoms with E-state index in [0.29, 0.717) is 17.3 Å². The molecule has 4 heterocycles. The Morgan fingerprint density at radius 3 is 2.88 bits per heavy atom. The van der Waals surface area contributed by atoms with Crippen LogP contribution in [0.15, 0.2) is 32.2 Å². The molecule has 4 rings (SSSR count). The molecule has 0 amide bonds. The molecule has 12 heteroatoms. The quantitative estimate of drug-likeness (QED) is 0.521. The van der Waals surface area contributed by atoms with E-state index in [0.717, 1.165) is 27.0 Å². The minimum atomic E-state index is -2.76. The van der Waals surface area contributed by atoms with Crippen molar-refractivity contribution in [1.29, 1.82) is 0 Å². The zero-order valence-corrected chi connectivity index (χ0v) is 14.3. The Hall–Kier alpha value is -2.47. The van der Waals surface area contributed by atoms with Crippen LogP contribution in [0.25, 0.3) is 5.65 Å². The van der Waals surface area contributed by atoms with E-state index in [1.165, 1.54) is 0 Å². The fourth-order valence-electron chi connectivity index (χ4n) is 2.06. The lowest BCUT2D eigenvalue weighted by Gasteiger charge is -1.99. The summed E-state index contributed by atoms with van der Waals surface area (Å²) in [5, 5.41) is 22.6. The maximum atomic E-state index is 12.9. The summed E-state index contributed by atoms with van der Waals surface area (Å²) in [4.78, 5) is 4.34. The first kappa shape index (κ1) is 16.0. The van der Waals surface area contributed by atoms with Crippen molar-refractivity contribution in [2.45, 2.75) is 30.0 Å². The molecule has 25 heavy (non-hydrogen) atoms. The molecule has 0 saturated carbocycles. The van der Waals surface area contributed by atoms with Crippen LogP contribution in [0.4, 0.5) is 8.78 Å². The smallest absolute Gasteiger partial charge is 0.299 e. The highest BCUT2D eigenvalue weighted by Crippen LogP contribution is 2.26. The average molecular weight is 381 g/mol. The Kier molecular flexibility index (Phi) is 4.13. The summed E-state index contributed by atoms with van der Waals surface area (Å²) in [7, 11) is 0. The average Bonchev–Trinajstić information content (AvgIpc) is 3.28. The number of hydrogen-bond donors (Lipinski definition) is 0. The van der Waals surface area contributed by atoms with Gasteiger partial charge >= 0.3 is 0 Å². The maximum absolute atomic E-state index is 12.9. The molecule has 8 nitrogen and oxygen atoms in total. The number of fused-ring (bicyclic) bond motifs is 1. The van der Waals surface area contributed by atoms with Gasteiger partial charge in [-0.25, -0.2) is 13.8 Å². The lowest BCUT2D eigenvalue weighted by atomic mass is 10.3. The Morgan fingerprint density at radius 1 is 1.24 bits per heavy atom. The highest BCUT2D eigenvalue weighted by molar-refractivity contribution is 7.99. The van der Waals surface area contributed by atoms with Crippen LogP contribution < -0.4 is 0 Å². The van der Waals surface area contributed by atoms with Crippen LogP contribution in [0.1, 0.15) is 28.8 Å². The third kappa shape index (κ3) is 3.35. The second-order valence-corrected chi connectivity index (χ2v) is 6.93. The largest absolute Gasteiger partial charge is 0.415 e. The predicted molar refractivity (Wildman–Crippen MR) is 83.8 cm³/mol. The van der Waals surface area contributed by atoms with Gasteiger partial charge < -0.3 is 4.42 Å². The number of thiazole rings is 1. The van der Waals surface area contributed by atoms with E-state index in [4.69, 9.17) is 4.42 Å². The second kappa shape index (κ2) is 6.44. The zero-order chi connectivity index (χ0) is 17.4. The molecule has 0 radical (unpaired) electrons. The molecule has 0 saturated heterocycles. The van der Waals surface area contributed by atoms with Crippen molar-refractivity contribution in [3.05, 3.63) is 39.9 Å². The fraction of sp³-hybridized carbons (Fsp3) is 0.231. The predicted octanol–water partition coefficient (Wildman–Crippen LogP) is 2.95. The number of aromatic nitrogens is 7. The van der Waals surface area contributed by atoms with Crippen LogP contribution in [0.5, 0.6) is 0 Å². The third-order valence-corrected chi connectivity index (χ3v) is 4.69. The SMILES string of the molecule is Cc1nc(Cc2nnc(Sc3ccc4nnc(C(F)F)n4n3)o2)cs1. The van der Waals surface area contributed by atoms with Gasteiger partial charge in [0.15, 0.2) is 5.65 Å². The van der Waals surface area contributed by atoms with Gasteiger partial charge in [0.2, 0.25) is 11.7 Å². The molecule has 0 unspecified atom stereocenters. The van der Waals surface area contributed by atoms with Crippen molar-refractivity contribution < 1.29 is 13.2 Å². The molecule has 0 N–H and O–H groups in total. The highest BCUT2D eigenvalue weighted by Gasteiger charge is 2.18. The van der Waals surface area contributed by atoms with E-state index in [1.54, 1.807) is 23.5 Å². The van der Waals surface area contributed by atoms with Crippen LogP contribution in [0.3, 0.4) is 0 Å². The first-order valence-electron chi connectivity index (χ1n) is 7.00. The molecule has 4 aromatic rings. The van der Waals surface area contributed by atoms with Crippen LogP contribution in [-0.4, -0.2) is 35.0 Å². The normalized spacial score (nSPS) is 11.7. The first-order chi connectivity index (χ1) is 12.1. The van der Waals surface area contributed by atoms with Crippen molar-refractivity contribution in [3.63, 3.8) is 0 Å². The van der Waals surface area contributed by atoms with Crippen molar-refractivity contribution in [1.82, 2.24) is 35.0 Å². The summed E-state index contributed by atoms with van der Waals surface area (Å²) in [5.41, 5.74) is 1.10. The van der Waals surface area contributed by atoms with Crippen LogP contribution in [-0.2, 0) is 6.42 Å². The molecule has 0 bridgehead atoms. The van der Waals surface area contributed by atoms with Gasteiger partial charge in [0.05, 0.1) is 17.1 Å². The van der Waals surface area contributed by atoms with Gasteiger partial charge in [0.1, 0.15) is 5.03 Å². The maximum Gasteiger partial charge on any atom is 0.299 e. The fourth-order valence-corrected chi connectivity index (χ4v) is 3.33. The monoisotopic (exact) mass is 381 g/mol. The van der Waals surface area contributed by atoms with Gasteiger partial charge in [0, 0.05) is 5.38 Å². The molecule has 0 atom stereocenters. The Labute approximate surface area is 147 Å². The van der Waals surface area contributed by atoms with E-state index in [-0.39, 0.29) is 10.9 Å². The van der Waals surface area contributed by atoms with Gasteiger partial charge in [0.25, 0.3) is 11.6 Å². The summed E-state index contributed by atoms with van der Waals surface area (Å²) >= 11 is 2.62. The molecule has 0 aliphatic heterocycles. The molecule has 0 aliphatic rings. The van der Waals surface area contributed by atoms with Crippen LogP contribution in [0, 0.1) is 6.92 Å². The molecule has 0 spiro atoms. The van der Waals surface area contributed by atoms with Gasteiger partial charge in [-0.3, -0.25) is 0 Å². The topological polar surface area (TPSA) is 94.9 Å². The minimum absolute atomic E-state index is 0.241. The molecular weight excluding hydrogens is 372 g/mol. The Balaban J connectivity index is 1.54. The number of nitrogens with zero attached hydrogens (tertiary/aromatic N) is 7. The van der Waals surface area contributed by atoms with E-state index < -0.39 is 12.2 Å². The van der Waals surface area contributed by atoms with Crippen LogP contribution in [0.2, 0.25) is 0 Å². The minimum Gasteiger partial charge on any atom is -0.415 e. The third-order valence-electron chi connectivity index (χ3n) is 3.10. The highest BCUT2D eigenvalue weighted by atomic mass is 32.2. The van der Waals surface area contributed by atoms with Gasteiger partial charge in [-0.15, -0.1) is 31.7 Å². The number of hydrogen-bond acceptors (Lipinski definition) is 9. The Morgan fingerprint density at radius 2 is 2.12 bits per heavy atom. The lowest BCUT2D eigenvalue weighted by molar-refractivity contribution is 0.137. The number of alkyl halides is 2. The molecule has 0 aromatic carbocycles. The first-order valence-corrected chi connectivity index (χ1v) is 8.70. The summed E-state index contributed by atoms with van der Waals surface area (Å²) in [6, 6.07) is 3.17. The molecule has 0 aliphatic carbocycles. The summed E-state index contributed by atoms with van der Waals surface area (Å²) < 4.78 is 32.3. The van der Waals surface area contributed by atoms with Crippen molar-refractivity contribution in [2.75, 3.05) is 0 Å². The van der Waals surface area contributed by atoms with Gasteiger partial charge in [-0.1, -0.05) is 0 Å². The number of halogens is 2. The molecular formula is C13H9F2N7OS2.